The van der Waals surface area contributed by atoms with Crippen LogP contribution in [0.1, 0.15) is 0 Å². The van der Waals surface area contributed by atoms with Crippen molar-refractivity contribution in [1.29, 1.82) is 0 Å². The van der Waals surface area contributed by atoms with Crippen LogP contribution in [0.15, 0.2) is 29.2 Å². The molecular weight excluding hydrogens is 186 g/mol. The maximum atomic E-state index is 10.9. The lowest BCUT2D eigenvalue weighted by Crippen LogP contribution is -2.19. The second-order valence-electron chi connectivity index (χ2n) is 2.33. The van der Waals surface area contributed by atoms with Gasteiger partial charge in [-0.15, -0.1) is 11.8 Å². The minimum atomic E-state index is -0.415. The largest absolute Gasteiger partial charge is 0.424 e. The number of rotatable bonds is 3. The first-order valence-corrected chi connectivity index (χ1v) is 5.04. The van der Waals surface area contributed by atoms with Gasteiger partial charge in [-0.1, -0.05) is 12.1 Å². The summed E-state index contributed by atoms with van der Waals surface area (Å²) in [6.07, 6.45) is 1.93. The molecule has 13 heavy (non-hydrogen) atoms. The first-order valence-electron chi connectivity index (χ1n) is 3.81. The molecule has 0 saturated heterocycles. The third-order valence-electron chi connectivity index (χ3n) is 1.46. The number of esters is 1. The van der Waals surface area contributed by atoms with Crippen LogP contribution in [-0.4, -0.2) is 18.8 Å². The van der Waals surface area contributed by atoms with E-state index in [1.165, 1.54) is 11.8 Å². The minimum absolute atomic E-state index is 0.0945. The summed E-state index contributed by atoms with van der Waals surface area (Å²) in [5.74, 6) is 0.159. The predicted molar refractivity (Wildman–Crippen MR) is 52.9 cm³/mol. The zero-order valence-electron chi connectivity index (χ0n) is 7.32. The first kappa shape index (κ1) is 10.1. The minimum Gasteiger partial charge on any atom is -0.424 e. The van der Waals surface area contributed by atoms with Crippen molar-refractivity contribution in [1.82, 2.24) is 0 Å². The van der Waals surface area contributed by atoms with Crippen molar-refractivity contribution in [2.45, 2.75) is 4.90 Å². The Morgan fingerprint density at radius 2 is 2.23 bits per heavy atom. The summed E-state index contributed by atoms with van der Waals surface area (Å²) in [6.45, 7) is -0.0945. The smallest absolute Gasteiger partial charge is 0.325 e. The van der Waals surface area contributed by atoms with E-state index in [0.29, 0.717) is 5.75 Å². The van der Waals surface area contributed by atoms with E-state index in [1.54, 1.807) is 6.07 Å². The molecule has 1 rings (SSSR count). The van der Waals surface area contributed by atoms with Gasteiger partial charge in [0.05, 0.1) is 6.54 Å². The third-order valence-corrected chi connectivity index (χ3v) is 2.24. The number of carbonyl (C=O) groups excluding carboxylic acids is 1. The fourth-order valence-electron chi connectivity index (χ4n) is 0.867. The quantitative estimate of drug-likeness (QED) is 0.450. The van der Waals surface area contributed by atoms with Gasteiger partial charge in [-0.3, -0.25) is 4.79 Å². The number of carbonyl (C=O) groups is 1. The maximum Gasteiger partial charge on any atom is 0.325 e. The zero-order valence-corrected chi connectivity index (χ0v) is 8.14. The number of hydrogen-bond acceptors (Lipinski definition) is 4. The Morgan fingerprint density at radius 1 is 1.54 bits per heavy atom. The van der Waals surface area contributed by atoms with E-state index in [9.17, 15) is 4.79 Å². The summed E-state index contributed by atoms with van der Waals surface area (Å²) in [5.41, 5.74) is 5.13. The number of hydrogen-bond donors (Lipinski definition) is 1. The molecule has 0 radical (unpaired) electrons. The molecule has 0 fully saturated rings. The monoisotopic (exact) mass is 197 g/mol. The Bertz CT molecular complexity index is 301. The van der Waals surface area contributed by atoms with Crippen molar-refractivity contribution in [3.63, 3.8) is 0 Å². The molecule has 2 N–H and O–H groups in total. The standard InChI is InChI=1S/C9H11NO2S/c1-13-8-5-3-2-4-7(8)12-9(11)6-10/h2-5H,6,10H2,1H3. The van der Waals surface area contributed by atoms with Gasteiger partial charge in [0.15, 0.2) is 0 Å². The molecule has 0 aliphatic heterocycles. The fourth-order valence-corrected chi connectivity index (χ4v) is 1.39. The predicted octanol–water partition coefficient (Wildman–Crippen LogP) is 1.27. The molecule has 70 valence electrons. The van der Waals surface area contributed by atoms with Gasteiger partial charge in [0.2, 0.25) is 0 Å². The van der Waals surface area contributed by atoms with Crippen molar-refractivity contribution in [2.75, 3.05) is 12.8 Å². The van der Waals surface area contributed by atoms with Crippen molar-refractivity contribution >= 4 is 17.7 Å². The number of ether oxygens (including phenoxy) is 1. The third kappa shape index (κ3) is 2.75. The average molecular weight is 197 g/mol. The number of benzene rings is 1. The Morgan fingerprint density at radius 3 is 2.85 bits per heavy atom. The average Bonchev–Trinajstić information content (AvgIpc) is 2.18. The molecule has 0 spiro atoms. The molecule has 0 aliphatic carbocycles. The summed E-state index contributed by atoms with van der Waals surface area (Å²) in [5, 5.41) is 0. The molecule has 3 nitrogen and oxygen atoms in total. The SMILES string of the molecule is CSc1ccccc1OC(=O)CN. The van der Waals surface area contributed by atoms with Crippen LogP contribution < -0.4 is 10.5 Å². The number of para-hydroxylation sites is 1. The van der Waals surface area contributed by atoms with Crippen LogP contribution in [0, 0.1) is 0 Å². The van der Waals surface area contributed by atoms with Crippen LogP contribution in [0.2, 0.25) is 0 Å². The van der Waals surface area contributed by atoms with Gasteiger partial charge in [-0.2, -0.15) is 0 Å². The van der Waals surface area contributed by atoms with E-state index in [-0.39, 0.29) is 6.54 Å². The van der Waals surface area contributed by atoms with Gasteiger partial charge in [-0.05, 0) is 18.4 Å². The molecule has 0 atom stereocenters. The van der Waals surface area contributed by atoms with Gasteiger partial charge in [-0.25, -0.2) is 0 Å². The number of nitrogens with two attached hydrogens (primary N) is 1. The summed E-state index contributed by atoms with van der Waals surface area (Å²) < 4.78 is 5.00. The van der Waals surface area contributed by atoms with E-state index < -0.39 is 5.97 Å². The second-order valence-corrected chi connectivity index (χ2v) is 3.18. The van der Waals surface area contributed by atoms with E-state index in [1.807, 2.05) is 24.5 Å². The second kappa shape index (κ2) is 4.89. The van der Waals surface area contributed by atoms with E-state index >= 15 is 0 Å². The summed E-state index contributed by atoms with van der Waals surface area (Å²) in [7, 11) is 0. The van der Waals surface area contributed by atoms with E-state index in [2.05, 4.69) is 0 Å². The molecule has 0 aromatic heterocycles. The molecule has 1 aromatic rings. The van der Waals surface area contributed by atoms with Crippen molar-refractivity contribution in [2.24, 2.45) is 5.73 Å². The molecular formula is C9H11NO2S. The molecule has 0 aliphatic rings. The van der Waals surface area contributed by atoms with Crippen LogP contribution >= 0.6 is 11.8 Å². The van der Waals surface area contributed by atoms with Crippen LogP contribution in [0.25, 0.3) is 0 Å². The van der Waals surface area contributed by atoms with Crippen molar-refractivity contribution in [3.05, 3.63) is 24.3 Å². The molecule has 0 unspecified atom stereocenters. The van der Waals surface area contributed by atoms with Gasteiger partial charge >= 0.3 is 5.97 Å². The van der Waals surface area contributed by atoms with E-state index in [0.717, 1.165) is 4.90 Å². The maximum absolute atomic E-state index is 10.9. The number of thioether (sulfide) groups is 1. The highest BCUT2D eigenvalue weighted by Crippen LogP contribution is 2.26. The molecule has 1 aromatic carbocycles. The van der Waals surface area contributed by atoms with Crippen LogP contribution in [0.4, 0.5) is 0 Å². The molecule has 0 saturated carbocycles. The molecule has 0 heterocycles. The van der Waals surface area contributed by atoms with Crippen LogP contribution in [-0.2, 0) is 4.79 Å². The molecule has 4 heteroatoms. The van der Waals surface area contributed by atoms with Crippen molar-refractivity contribution in [3.8, 4) is 5.75 Å². The fraction of sp³-hybridized carbons (Fsp3) is 0.222. The Kier molecular flexibility index (Phi) is 3.79. The topological polar surface area (TPSA) is 52.3 Å². The Hall–Kier alpha value is -1.00. The lowest BCUT2D eigenvalue weighted by Gasteiger charge is -2.06. The first-order chi connectivity index (χ1) is 6.27. The highest BCUT2D eigenvalue weighted by molar-refractivity contribution is 7.98. The zero-order chi connectivity index (χ0) is 9.68. The van der Waals surface area contributed by atoms with Gasteiger partial charge in [0.25, 0.3) is 0 Å². The van der Waals surface area contributed by atoms with Crippen molar-refractivity contribution < 1.29 is 9.53 Å². The van der Waals surface area contributed by atoms with Gasteiger partial charge in [0, 0.05) is 4.90 Å². The Labute approximate surface area is 81.3 Å². The molecule has 0 bridgehead atoms. The van der Waals surface area contributed by atoms with E-state index in [4.69, 9.17) is 10.5 Å². The van der Waals surface area contributed by atoms with Crippen LogP contribution in [0.3, 0.4) is 0 Å². The summed E-state index contributed by atoms with van der Waals surface area (Å²) in [4.78, 5) is 11.8. The lowest BCUT2D eigenvalue weighted by atomic mass is 10.3. The van der Waals surface area contributed by atoms with Crippen LogP contribution in [0.5, 0.6) is 5.75 Å². The Balaban J connectivity index is 2.81. The van der Waals surface area contributed by atoms with Gasteiger partial charge in [0.1, 0.15) is 5.75 Å². The highest BCUT2D eigenvalue weighted by atomic mass is 32.2. The highest BCUT2D eigenvalue weighted by Gasteiger charge is 2.05. The summed E-state index contributed by atoms with van der Waals surface area (Å²) >= 11 is 1.53. The summed E-state index contributed by atoms with van der Waals surface area (Å²) in [6, 6.07) is 7.35. The van der Waals surface area contributed by atoms with Gasteiger partial charge < -0.3 is 10.5 Å². The molecule has 0 amide bonds. The lowest BCUT2D eigenvalue weighted by molar-refractivity contribution is -0.132. The normalized spacial score (nSPS) is 9.69.